The third-order valence-corrected chi connectivity index (χ3v) is 4.59. The molecule has 0 saturated heterocycles. The lowest BCUT2D eigenvalue weighted by Crippen LogP contribution is -2.31. The number of hydrogen-bond acceptors (Lipinski definition) is 2. The van der Waals surface area contributed by atoms with Gasteiger partial charge in [0.1, 0.15) is 0 Å². The minimum Gasteiger partial charge on any atom is -0.338 e. The Morgan fingerprint density at radius 3 is 2.54 bits per heavy atom. The van der Waals surface area contributed by atoms with Gasteiger partial charge in [0.05, 0.1) is 12.5 Å². The molecule has 1 aliphatic carbocycles. The van der Waals surface area contributed by atoms with Gasteiger partial charge in [0.25, 0.3) is 0 Å². The molecule has 2 aromatic rings. The first-order chi connectivity index (χ1) is 11.5. The highest BCUT2D eigenvalue weighted by atomic mass is 16.2. The highest BCUT2D eigenvalue weighted by Crippen LogP contribution is 2.35. The second-order valence-electron chi connectivity index (χ2n) is 6.31. The first-order valence-corrected chi connectivity index (χ1v) is 8.24. The molecule has 0 unspecified atom stereocenters. The Hall–Kier alpha value is -2.62. The van der Waals surface area contributed by atoms with Gasteiger partial charge >= 0.3 is 0 Å². The molecule has 0 bridgehead atoms. The number of fused-ring (bicyclic) bond motifs is 1. The van der Waals surface area contributed by atoms with E-state index in [9.17, 15) is 9.59 Å². The number of carbonyl (C=O) groups excluding carboxylic acids is 2. The van der Waals surface area contributed by atoms with Crippen molar-refractivity contribution in [2.24, 2.45) is 0 Å². The van der Waals surface area contributed by atoms with Crippen molar-refractivity contribution < 1.29 is 9.59 Å². The third kappa shape index (κ3) is 3.48. The van der Waals surface area contributed by atoms with Crippen molar-refractivity contribution in [1.82, 2.24) is 4.90 Å². The van der Waals surface area contributed by atoms with Crippen molar-refractivity contribution in [2.75, 3.05) is 12.4 Å². The Kier molecular flexibility index (Phi) is 4.65. The second kappa shape index (κ2) is 6.87. The summed E-state index contributed by atoms with van der Waals surface area (Å²) in [5.41, 5.74) is 4.32. The normalized spacial score (nSPS) is 15.7. The highest BCUT2D eigenvalue weighted by Gasteiger charge is 2.28. The molecule has 3 rings (SSSR count). The van der Waals surface area contributed by atoms with Crippen molar-refractivity contribution in [3.8, 4) is 0 Å². The number of rotatable bonds is 4. The van der Waals surface area contributed by atoms with Crippen molar-refractivity contribution in [3.05, 3.63) is 65.2 Å². The van der Waals surface area contributed by atoms with E-state index in [0.717, 1.165) is 24.1 Å². The predicted octanol–water partition coefficient (Wildman–Crippen LogP) is 3.33. The Bertz CT molecular complexity index is 752. The largest absolute Gasteiger partial charge is 0.338 e. The van der Waals surface area contributed by atoms with Gasteiger partial charge in [0.2, 0.25) is 11.8 Å². The van der Waals surface area contributed by atoms with Crippen molar-refractivity contribution >= 4 is 17.5 Å². The Labute approximate surface area is 142 Å². The molecule has 0 radical (unpaired) electrons. The van der Waals surface area contributed by atoms with E-state index in [1.165, 1.54) is 18.1 Å². The zero-order valence-corrected chi connectivity index (χ0v) is 14.1. The standard InChI is InChI=1S/C20H22N2O2/c1-14(23)21-17-10-7-15(8-11-17)13-20(24)22(2)19-12-9-16-5-3-4-6-18(16)19/h3-8,10-11,19H,9,12-13H2,1-2H3,(H,21,23)/t19-/m0/s1. The second-order valence-corrected chi connectivity index (χ2v) is 6.31. The van der Waals surface area contributed by atoms with E-state index < -0.39 is 0 Å². The SMILES string of the molecule is CC(=O)Nc1ccc(CC(=O)N(C)[C@H]2CCc3ccccc32)cc1. The Morgan fingerprint density at radius 2 is 1.83 bits per heavy atom. The maximum Gasteiger partial charge on any atom is 0.227 e. The first kappa shape index (κ1) is 16.2. The lowest BCUT2D eigenvalue weighted by molar-refractivity contribution is -0.131. The van der Waals surface area contributed by atoms with Crippen molar-refractivity contribution in [2.45, 2.75) is 32.2 Å². The molecule has 2 amide bonds. The summed E-state index contributed by atoms with van der Waals surface area (Å²) in [6.45, 7) is 1.48. The fourth-order valence-electron chi connectivity index (χ4n) is 3.32. The quantitative estimate of drug-likeness (QED) is 0.938. The summed E-state index contributed by atoms with van der Waals surface area (Å²) >= 11 is 0. The monoisotopic (exact) mass is 322 g/mol. The Morgan fingerprint density at radius 1 is 1.12 bits per heavy atom. The average molecular weight is 322 g/mol. The molecule has 0 saturated carbocycles. The summed E-state index contributed by atoms with van der Waals surface area (Å²) in [4.78, 5) is 25.5. The molecule has 0 heterocycles. The number of nitrogens with one attached hydrogen (secondary N) is 1. The summed E-state index contributed by atoms with van der Waals surface area (Å²) in [5.74, 6) is 0.0161. The number of likely N-dealkylation sites (N-methyl/N-ethyl adjacent to an activating group) is 1. The zero-order chi connectivity index (χ0) is 17.1. The van der Waals surface area contributed by atoms with E-state index >= 15 is 0 Å². The maximum atomic E-state index is 12.6. The maximum absolute atomic E-state index is 12.6. The van der Waals surface area contributed by atoms with Gasteiger partial charge in [-0.3, -0.25) is 9.59 Å². The molecular weight excluding hydrogens is 300 g/mol. The van der Waals surface area contributed by atoms with Crippen LogP contribution < -0.4 is 5.32 Å². The molecule has 0 aliphatic heterocycles. The van der Waals surface area contributed by atoms with Crippen LogP contribution in [0.2, 0.25) is 0 Å². The number of benzene rings is 2. The predicted molar refractivity (Wildman–Crippen MR) is 94.7 cm³/mol. The number of anilines is 1. The molecule has 1 atom stereocenters. The minimum atomic E-state index is -0.0986. The average Bonchev–Trinajstić information content (AvgIpc) is 2.99. The molecule has 124 valence electrons. The van der Waals surface area contributed by atoms with E-state index in [-0.39, 0.29) is 17.9 Å². The lowest BCUT2D eigenvalue weighted by Gasteiger charge is -2.25. The van der Waals surface area contributed by atoms with Gasteiger partial charge in [0, 0.05) is 19.7 Å². The smallest absolute Gasteiger partial charge is 0.227 e. The number of nitrogens with zero attached hydrogens (tertiary/aromatic N) is 1. The summed E-state index contributed by atoms with van der Waals surface area (Å²) in [5, 5.41) is 2.73. The van der Waals surface area contributed by atoms with Crippen LogP contribution in [0.5, 0.6) is 0 Å². The van der Waals surface area contributed by atoms with Crippen LogP contribution in [0.4, 0.5) is 5.69 Å². The van der Waals surface area contributed by atoms with Crippen LogP contribution in [0.1, 0.15) is 36.1 Å². The summed E-state index contributed by atoms with van der Waals surface area (Å²) in [7, 11) is 1.89. The minimum absolute atomic E-state index is 0.0986. The summed E-state index contributed by atoms with van der Waals surface area (Å²) in [6.07, 6.45) is 2.39. The molecule has 2 aromatic carbocycles. The van der Waals surface area contributed by atoms with Gasteiger partial charge in [-0.2, -0.15) is 0 Å². The molecule has 4 heteroatoms. The lowest BCUT2D eigenvalue weighted by atomic mass is 10.1. The van der Waals surface area contributed by atoms with Crippen LogP contribution in [0.15, 0.2) is 48.5 Å². The van der Waals surface area contributed by atoms with Crippen LogP contribution in [0, 0.1) is 0 Å². The summed E-state index contributed by atoms with van der Waals surface area (Å²) in [6, 6.07) is 16.0. The van der Waals surface area contributed by atoms with Gasteiger partial charge < -0.3 is 10.2 Å². The number of hydrogen-bond donors (Lipinski definition) is 1. The van der Waals surface area contributed by atoms with E-state index in [1.54, 1.807) is 0 Å². The van der Waals surface area contributed by atoms with Gasteiger partial charge in [0.15, 0.2) is 0 Å². The fourth-order valence-corrected chi connectivity index (χ4v) is 3.32. The van der Waals surface area contributed by atoms with E-state index in [4.69, 9.17) is 0 Å². The number of amides is 2. The fraction of sp³-hybridized carbons (Fsp3) is 0.300. The molecular formula is C20H22N2O2. The molecule has 24 heavy (non-hydrogen) atoms. The third-order valence-electron chi connectivity index (χ3n) is 4.59. The van der Waals surface area contributed by atoms with Crippen LogP contribution >= 0.6 is 0 Å². The first-order valence-electron chi connectivity index (χ1n) is 8.24. The van der Waals surface area contributed by atoms with Crippen molar-refractivity contribution in [1.29, 1.82) is 0 Å². The zero-order valence-electron chi connectivity index (χ0n) is 14.1. The van der Waals surface area contributed by atoms with Gasteiger partial charge in [-0.05, 0) is 41.7 Å². The van der Waals surface area contributed by atoms with Gasteiger partial charge in [-0.25, -0.2) is 0 Å². The molecule has 0 aromatic heterocycles. The van der Waals surface area contributed by atoms with E-state index in [2.05, 4.69) is 23.5 Å². The molecule has 1 aliphatic rings. The van der Waals surface area contributed by atoms with Crippen LogP contribution in [-0.4, -0.2) is 23.8 Å². The summed E-state index contributed by atoms with van der Waals surface area (Å²) < 4.78 is 0. The molecule has 1 N–H and O–H groups in total. The number of carbonyl (C=O) groups is 2. The van der Waals surface area contributed by atoms with E-state index in [1.807, 2.05) is 42.3 Å². The van der Waals surface area contributed by atoms with Crippen LogP contribution in [0.3, 0.4) is 0 Å². The van der Waals surface area contributed by atoms with Crippen LogP contribution in [0.25, 0.3) is 0 Å². The van der Waals surface area contributed by atoms with E-state index in [0.29, 0.717) is 6.42 Å². The van der Waals surface area contributed by atoms with Crippen molar-refractivity contribution in [3.63, 3.8) is 0 Å². The number of aryl methyl sites for hydroxylation is 1. The molecule has 4 nitrogen and oxygen atoms in total. The molecule has 0 spiro atoms. The molecule has 0 fully saturated rings. The topological polar surface area (TPSA) is 49.4 Å². The van der Waals surface area contributed by atoms with Crippen LogP contribution in [-0.2, 0) is 22.4 Å². The highest BCUT2D eigenvalue weighted by molar-refractivity contribution is 5.88. The van der Waals surface area contributed by atoms with Gasteiger partial charge in [-0.1, -0.05) is 36.4 Å². The Balaban J connectivity index is 1.66. The van der Waals surface area contributed by atoms with Gasteiger partial charge in [-0.15, -0.1) is 0 Å².